The average molecular weight is 170 g/mol. The Morgan fingerprint density at radius 2 is 1.92 bits per heavy atom. The summed E-state index contributed by atoms with van der Waals surface area (Å²) in [6.07, 6.45) is 9.81. The molecule has 0 saturated carbocycles. The molecule has 13 heavy (non-hydrogen) atoms. The van der Waals surface area contributed by atoms with Crippen molar-refractivity contribution in [3.63, 3.8) is 0 Å². The average Bonchev–Trinajstić information content (AvgIpc) is 2.71. The zero-order chi connectivity index (χ0) is 9.10. The maximum Gasteiger partial charge on any atom is 0.0204 e. The van der Waals surface area contributed by atoms with E-state index in [2.05, 4.69) is 55.5 Å². The molecule has 0 heteroatoms. The Kier molecular flexibility index (Phi) is 2.31. The summed E-state index contributed by atoms with van der Waals surface area (Å²) in [5.74, 6) is 0.506. The van der Waals surface area contributed by atoms with Gasteiger partial charge in [-0.1, -0.05) is 55.5 Å². The molecule has 0 atom stereocenters. The topological polar surface area (TPSA) is 0 Å². The minimum atomic E-state index is 0.506. The first-order valence-corrected chi connectivity index (χ1v) is 4.84. The van der Waals surface area contributed by atoms with Crippen LogP contribution < -0.4 is 0 Å². The molecule has 0 nitrogen and oxygen atoms in total. The molecule has 0 amide bonds. The molecule has 0 N–H and O–H groups in total. The van der Waals surface area contributed by atoms with E-state index in [1.54, 1.807) is 0 Å². The van der Waals surface area contributed by atoms with Crippen LogP contribution in [0.25, 0.3) is 0 Å². The Morgan fingerprint density at radius 1 is 1.15 bits per heavy atom. The van der Waals surface area contributed by atoms with Crippen LogP contribution in [-0.4, -0.2) is 0 Å². The van der Waals surface area contributed by atoms with E-state index in [1.807, 2.05) is 0 Å². The van der Waals surface area contributed by atoms with Gasteiger partial charge >= 0.3 is 0 Å². The first-order chi connectivity index (χ1) is 6.40. The minimum absolute atomic E-state index is 0.506. The van der Waals surface area contributed by atoms with Crippen molar-refractivity contribution in [2.24, 2.45) is 0 Å². The fourth-order valence-corrected chi connectivity index (χ4v) is 1.67. The third-order valence-electron chi connectivity index (χ3n) is 2.49. The summed E-state index contributed by atoms with van der Waals surface area (Å²) >= 11 is 0. The monoisotopic (exact) mass is 170 g/mol. The van der Waals surface area contributed by atoms with Crippen LogP contribution in [0.5, 0.6) is 0 Å². The van der Waals surface area contributed by atoms with Crippen LogP contribution in [0.1, 0.15) is 24.0 Å². The van der Waals surface area contributed by atoms with Gasteiger partial charge in [-0.2, -0.15) is 0 Å². The maximum absolute atomic E-state index is 2.30. The van der Waals surface area contributed by atoms with Crippen LogP contribution in [0, 0.1) is 0 Å². The Morgan fingerprint density at radius 3 is 2.62 bits per heavy atom. The van der Waals surface area contributed by atoms with Crippen molar-refractivity contribution in [3.05, 3.63) is 59.7 Å². The maximum atomic E-state index is 2.30. The van der Waals surface area contributed by atoms with E-state index in [9.17, 15) is 0 Å². The van der Waals surface area contributed by atoms with E-state index in [1.165, 1.54) is 11.1 Å². The first kappa shape index (κ1) is 8.31. The van der Waals surface area contributed by atoms with Gasteiger partial charge in [0, 0.05) is 5.92 Å². The highest BCUT2D eigenvalue weighted by Gasteiger charge is 2.06. The molecule has 1 aliphatic rings. The second-order valence-electron chi connectivity index (χ2n) is 3.39. The van der Waals surface area contributed by atoms with Gasteiger partial charge < -0.3 is 0 Å². The fourth-order valence-electron chi connectivity index (χ4n) is 1.67. The summed E-state index contributed by atoms with van der Waals surface area (Å²) in [7, 11) is 0. The summed E-state index contributed by atoms with van der Waals surface area (Å²) in [5, 5.41) is 0. The lowest BCUT2D eigenvalue weighted by molar-refractivity contribution is 1.07. The number of hydrogen-bond acceptors (Lipinski definition) is 0. The number of hydrogen-bond donors (Lipinski definition) is 0. The van der Waals surface area contributed by atoms with Crippen molar-refractivity contribution in [1.29, 1.82) is 0 Å². The summed E-state index contributed by atoms with van der Waals surface area (Å²) in [6.45, 7) is 2.19. The van der Waals surface area contributed by atoms with Crippen LogP contribution in [0.2, 0.25) is 0 Å². The number of aryl methyl sites for hydroxylation is 1. The molecule has 0 heterocycles. The largest absolute Gasteiger partial charge is 0.0732 e. The van der Waals surface area contributed by atoms with Gasteiger partial charge in [0.25, 0.3) is 0 Å². The number of rotatable bonds is 2. The summed E-state index contributed by atoms with van der Waals surface area (Å²) < 4.78 is 0. The van der Waals surface area contributed by atoms with Gasteiger partial charge in [-0.3, -0.25) is 0 Å². The molecule has 0 unspecified atom stereocenters. The third kappa shape index (κ3) is 1.72. The Bertz CT molecular complexity index is 333. The van der Waals surface area contributed by atoms with Crippen molar-refractivity contribution in [1.82, 2.24) is 0 Å². The van der Waals surface area contributed by atoms with Crippen molar-refractivity contribution >= 4 is 0 Å². The van der Waals surface area contributed by atoms with Gasteiger partial charge in [-0.05, 0) is 17.5 Å². The van der Waals surface area contributed by atoms with Crippen molar-refractivity contribution in [2.75, 3.05) is 0 Å². The van der Waals surface area contributed by atoms with E-state index in [4.69, 9.17) is 0 Å². The lowest BCUT2D eigenvalue weighted by atomic mass is 9.98. The van der Waals surface area contributed by atoms with Crippen molar-refractivity contribution < 1.29 is 0 Å². The SMILES string of the molecule is CCc1cccc(C2C=CC=C2)c1. The second kappa shape index (κ2) is 3.61. The van der Waals surface area contributed by atoms with E-state index in [0.717, 1.165) is 6.42 Å². The minimum Gasteiger partial charge on any atom is -0.0732 e. The lowest BCUT2D eigenvalue weighted by Crippen LogP contribution is -1.90. The molecule has 66 valence electrons. The normalized spacial score (nSPS) is 15.5. The van der Waals surface area contributed by atoms with Gasteiger partial charge in [0.2, 0.25) is 0 Å². The smallest absolute Gasteiger partial charge is 0.0204 e. The van der Waals surface area contributed by atoms with Crippen LogP contribution in [-0.2, 0) is 6.42 Å². The second-order valence-corrected chi connectivity index (χ2v) is 3.39. The third-order valence-corrected chi connectivity index (χ3v) is 2.49. The highest BCUT2D eigenvalue weighted by molar-refractivity contribution is 5.36. The zero-order valence-corrected chi connectivity index (χ0v) is 7.90. The van der Waals surface area contributed by atoms with E-state index < -0.39 is 0 Å². The van der Waals surface area contributed by atoms with Gasteiger partial charge in [-0.15, -0.1) is 0 Å². The molecule has 1 aromatic rings. The molecule has 0 aliphatic heterocycles. The highest BCUT2D eigenvalue weighted by Crippen LogP contribution is 2.23. The molecule has 0 aromatic heterocycles. The van der Waals surface area contributed by atoms with Crippen molar-refractivity contribution in [3.8, 4) is 0 Å². The lowest BCUT2D eigenvalue weighted by Gasteiger charge is -2.07. The molecule has 1 aliphatic carbocycles. The predicted octanol–water partition coefficient (Wildman–Crippen LogP) is 3.46. The molecular weight excluding hydrogens is 156 g/mol. The molecule has 0 fully saturated rings. The summed E-state index contributed by atoms with van der Waals surface area (Å²) in [5.41, 5.74) is 2.83. The van der Waals surface area contributed by atoms with E-state index >= 15 is 0 Å². The quantitative estimate of drug-likeness (QED) is 0.637. The van der Waals surface area contributed by atoms with Gasteiger partial charge in [0.1, 0.15) is 0 Å². The predicted molar refractivity (Wildman–Crippen MR) is 56.8 cm³/mol. The number of benzene rings is 1. The Balaban J connectivity index is 2.29. The standard InChI is InChI=1S/C13H14/c1-2-11-6-5-9-13(10-11)12-7-3-4-8-12/h3-10,12H,2H2,1H3. The van der Waals surface area contributed by atoms with Crippen LogP contribution in [0.15, 0.2) is 48.6 Å². The molecule has 1 aromatic carbocycles. The highest BCUT2D eigenvalue weighted by atomic mass is 14.1. The molecule has 0 spiro atoms. The number of allylic oxidation sites excluding steroid dienone is 4. The Labute approximate surface area is 79.6 Å². The van der Waals surface area contributed by atoms with Crippen LogP contribution in [0.4, 0.5) is 0 Å². The molecule has 2 rings (SSSR count). The van der Waals surface area contributed by atoms with Gasteiger partial charge in [0.05, 0.1) is 0 Å². The molecule has 0 saturated heterocycles. The van der Waals surface area contributed by atoms with Gasteiger partial charge in [0.15, 0.2) is 0 Å². The molecule has 0 radical (unpaired) electrons. The van der Waals surface area contributed by atoms with Crippen molar-refractivity contribution in [2.45, 2.75) is 19.3 Å². The summed E-state index contributed by atoms with van der Waals surface area (Å²) in [4.78, 5) is 0. The van der Waals surface area contributed by atoms with Crippen LogP contribution in [0.3, 0.4) is 0 Å². The zero-order valence-electron chi connectivity index (χ0n) is 7.90. The molecule has 0 bridgehead atoms. The first-order valence-electron chi connectivity index (χ1n) is 4.84. The van der Waals surface area contributed by atoms with E-state index in [-0.39, 0.29) is 0 Å². The van der Waals surface area contributed by atoms with Gasteiger partial charge in [-0.25, -0.2) is 0 Å². The van der Waals surface area contributed by atoms with E-state index in [0.29, 0.717) is 5.92 Å². The van der Waals surface area contributed by atoms with Crippen LogP contribution >= 0.6 is 0 Å². The molecular formula is C13H14. The summed E-state index contributed by atoms with van der Waals surface area (Å²) in [6, 6.07) is 8.83. The Hall–Kier alpha value is -1.30. The fraction of sp³-hybridized carbons (Fsp3) is 0.231.